The molecular formula is C24H40O4. The highest BCUT2D eigenvalue weighted by Crippen LogP contribution is 2.66. The van der Waals surface area contributed by atoms with E-state index in [0.717, 1.165) is 64.1 Å². The number of hydrogen-bond acceptors (Lipinski definition) is 4. The van der Waals surface area contributed by atoms with Crippen molar-refractivity contribution in [2.24, 2.45) is 34.5 Å². The molecule has 5 rings (SSSR count). The smallest absolute Gasteiger partial charge is 0.157 e. The van der Waals surface area contributed by atoms with Crippen molar-refractivity contribution in [3.05, 3.63) is 0 Å². The molecular weight excluding hydrogens is 352 g/mol. The molecule has 0 spiro atoms. The quantitative estimate of drug-likeness (QED) is 0.753. The van der Waals surface area contributed by atoms with Gasteiger partial charge < -0.3 is 19.7 Å². The number of aliphatic hydroxyl groups excluding tert-OH is 2. The minimum atomic E-state index is -0.122. The number of hydrogen-bond donors (Lipinski definition) is 2. The highest BCUT2D eigenvalue weighted by molar-refractivity contribution is 5.10. The van der Waals surface area contributed by atoms with Crippen LogP contribution in [-0.4, -0.2) is 41.9 Å². The molecule has 4 saturated carbocycles. The molecule has 5 aliphatic rings. The van der Waals surface area contributed by atoms with Crippen LogP contribution in [0.2, 0.25) is 0 Å². The molecule has 28 heavy (non-hydrogen) atoms. The van der Waals surface area contributed by atoms with Gasteiger partial charge in [0.1, 0.15) is 0 Å². The molecule has 4 aliphatic carbocycles. The second kappa shape index (κ2) is 7.51. The van der Waals surface area contributed by atoms with Crippen LogP contribution in [0.25, 0.3) is 0 Å². The Kier molecular flexibility index (Phi) is 5.31. The van der Waals surface area contributed by atoms with Crippen LogP contribution in [0.5, 0.6) is 0 Å². The maximum absolute atomic E-state index is 10.7. The summed E-state index contributed by atoms with van der Waals surface area (Å²) in [6.45, 7) is 4.02. The molecule has 1 saturated heterocycles. The first-order chi connectivity index (χ1) is 13.5. The van der Waals surface area contributed by atoms with Gasteiger partial charge in [0.2, 0.25) is 0 Å². The van der Waals surface area contributed by atoms with Crippen molar-refractivity contribution in [1.82, 2.24) is 0 Å². The Hall–Kier alpha value is -0.160. The minimum Gasteiger partial charge on any atom is -0.393 e. The van der Waals surface area contributed by atoms with Crippen LogP contribution >= 0.6 is 0 Å². The molecule has 1 heterocycles. The van der Waals surface area contributed by atoms with E-state index < -0.39 is 0 Å². The molecule has 2 N–H and O–H groups in total. The average Bonchev–Trinajstić information content (AvgIpc) is 3.02. The van der Waals surface area contributed by atoms with Gasteiger partial charge in [-0.25, -0.2) is 0 Å². The number of aliphatic hydroxyl groups is 2. The summed E-state index contributed by atoms with van der Waals surface area (Å²) in [6.07, 6.45) is 13.3. The van der Waals surface area contributed by atoms with E-state index in [4.69, 9.17) is 9.47 Å². The minimum absolute atomic E-state index is 0.0156. The van der Waals surface area contributed by atoms with Crippen LogP contribution in [0, 0.1) is 34.5 Å². The number of rotatable bonds is 3. The summed E-state index contributed by atoms with van der Waals surface area (Å²) in [6, 6.07) is 0. The number of ether oxygens (including phenoxy) is 2. The van der Waals surface area contributed by atoms with Crippen LogP contribution in [-0.2, 0) is 9.47 Å². The zero-order valence-corrected chi connectivity index (χ0v) is 17.7. The average molecular weight is 393 g/mol. The lowest BCUT2D eigenvalue weighted by Crippen LogP contribution is -2.57. The van der Waals surface area contributed by atoms with Crippen molar-refractivity contribution < 1.29 is 19.7 Å². The summed E-state index contributed by atoms with van der Waals surface area (Å²) in [4.78, 5) is 0. The third-order valence-corrected chi connectivity index (χ3v) is 9.96. The molecule has 0 radical (unpaired) electrons. The fourth-order valence-electron chi connectivity index (χ4n) is 8.37. The second-order valence-corrected chi connectivity index (χ2v) is 11.1. The van der Waals surface area contributed by atoms with E-state index in [1.165, 1.54) is 32.1 Å². The Bertz CT molecular complexity index is 561. The van der Waals surface area contributed by atoms with E-state index in [-0.39, 0.29) is 29.3 Å². The van der Waals surface area contributed by atoms with E-state index in [9.17, 15) is 10.2 Å². The van der Waals surface area contributed by atoms with Gasteiger partial charge in [-0.15, -0.1) is 0 Å². The summed E-state index contributed by atoms with van der Waals surface area (Å²) in [5.74, 6) is 2.71. The molecule has 160 valence electrons. The second-order valence-electron chi connectivity index (χ2n) is 11.1. The zero-order valence-electron chi connectivity index (χ0n) is 17.7. The fraction of sp³-hybridized carbons (Fsp3) is 1.00. The Balaban J connectivity index is 1.39. The predicted molar refractivity (Wildman–Crippen MR) is 108 cm³/mol. The van der Waals surface area contributed by atoms with Gasteiger partial charge in [0, 0.05) is 6.61 Å². The Morgan fingerprint density at radius 1 is 0.929 bits per heavy atom. The fourth-order valence-corrected chi connectivity index (χ4v) is 8.37. The first-order valence-corrected chi connectivity index (χ1v) is 12.1. The van der Waals surface area contributed by atoms with Crippen molar-refractivity contribution in [1.29, 1.82) is 0 Å². The molecule has 1 aliphatic heterocycles. The molecule has 5 fully saturated rings. The van der Waals surface area contributed by atoms with Crippen molar-refractivity contribution in [3.8, 4) is 0 Å². The van der Waals surface area contributed by atoms with Crippen molar-refractivity contribution in [2.75, 3.05) is 13.2 Å². The third kappa shape index (κ3) is 3.09. The molecule has 0 bridgehead atoms. The first kappa shape index (κ1) is 19.8. The molecule has 1 unspecified atom stereocenters. The maximum Gasteiger partial charge on any atom is 0.157 e. The van der Waals surface area contributed by atoms with Crippen LogP contribution in [0.4, 0.5) is 0 Å². The molecule has 0 amide bonds. The number of fused-ring (bicyclic) bond motifs is 5. The van der Waals surface area contributed by atoms with Gasteiger partial charge in [-0.05, 0) is 112 Å². The summed E-state index contributed by atoms with van der Waals surface area (Å²) >= 11 is 0. The Morgan fingerprint density at radius 3 is 2.64 bits per heavy atom. The largest absolute Gasteiger partial charge is 0.393 e. The van der Waals surface area contributed by atoms with Crippen LogP contribution in [0.1, 0.15) is 84.0 Å². The van der Waals surface area contributed by atoms with Crippen molar-refractivity contribution >= 4 is 0 Å². The van der Waals surface area contributed by atoms with E-state index in [1.807, 2.05) is 0 Å². The molecule has 0 aromatic heterocycles. The lowest BCUT2D eigenvalue weighted by molar-refractivity contribution is -0.221. The van der Waals surface area contributed by atoms with Gasteiger partial charge in [0.05, 0.1) is 18.8 Å². The molecule has 0 aromatic rings. The SMILES string of the molecule is C[C@]12CC[C@H]3[C@@H](CC[C@H]4C[C@@H](O)CC[C@@]43COC3CCCCO3)[C@@H]1CC[C@@H]2O. The predicted octanol–water partition coefficient (Wildman–Crippen LogP) is 4.27. The lowest BCUT2D eigenvalue weighted by atomic mass is 9.44. The summed E-state index contributed by atoms with van der Waals surface area (Å²) in [5.41, 5.74) is 0.356. The maximum atomic E-state index is 10.7. The van der Waals surface area contributed by atoms with Crippen molar-refractivity contribution in [3.63, 3.8) is 0 Å². The van der Waals surface area contributed by atoms with Crippen LogP contribution < -0.4 is 0 Å². The van der Waals surface area contributed by atoms with E-state index in [0.29, 0.717) is 17.8 Å². The topological polar surface area (TPSA) is 58.9 Å². The summed E-state index contributed by atoms with van der Waals surface area (Å²) in [7, 11) is 0. The van der Waals surface area contributed by atoms with Gasteiger partial charge in [-0.2, -0.15) is 0 Å². The molecule has 4 heteroatoms. The first-order valence-electron chi connectivity index (χ1n) is 12.1. The Morgan fingerprint density at radius 2 is 1.82 bits per heavy atom. The molecule has 4 nitrogen and oxygen atoms in total. The monoisotopic (exact) mass is 392 g/mol. The summed E-state index contributed by atoms with van der Waals surface area (Å²) < 4.78 is 12.4. The highest BCUT2D eigenvalue weighted by atomic mass is 16.7. The van der Waals surface area contributed by atoms with Gasteiger partial charge in [0.25, 0.3) is 0 Å². The molecule has 9 atom stereocenters. The zero-order chi connectivity index (χ0) is 19.4. The van der Waals surface area contributed by atoms with Crippen LogP contribution in [0.3, 0.4) is 0 Å². The van der Waals surface area contributed by atoms with Gasteiger partial charge in [-0.3, -0.25) is 0 Å². The van der Waals surface area contributed by atoms with E-state index in [1.54, 1.807) is 0 Å². The van der Waals surface area contributed by atoms with E-state index >= 15 is 0 Å². The summed E-state index contributed by atoms with van der Waals surface area (Å²) in [5, 5.41) is 21.1. The normalized spacial score (nSPS) is 53.9. The highest BCUT2D eigenvalue weighted by Gasteiger charge is 2.61. The lowest BCUT2D eigenvalue weighted by Gasteiger charge is -2.61. The van der Waals surface area contributed by atoms with Crippen LogP contribution in [0.15, 0.2) is 0 Å². The van der Waals surface area contributed by atoms with Gasteiger partial charge in [-0.1, -0.05) is 6.92 Å². The van der Waals surface area contributed by atoms with Gasteiger partial charge in [0.15, 0.2) is 6.29 Å². The van der Waals surface area contributed by atoms with Gasteiger partial charge >= 0.3 is 0 Å². The van der Waals surface area contributed by atoms with E-state index in [2.05, 4.69) is 6.92 Å². The molecule has 0 aromatic carbocycles. The van der Waals surface area contributed by atoms with Crippen molar-refractivity contribution in [2.45, 2.75) is 102 Å². The third-order valence-electron chi connectivity index (χ3n) is 9.96. The Labute approximate surface area is 170 Å². The standard InChI is InChI=1S/C24H40O4/c1-23-11-10-20-18(19(23)7-8-21(23)26)6-5-16-14-17(25)9-12-24(16,20)15-28-22-4-2-3-13-27-22/h16-22,25-26H,2-15H2,1H3/t16-,17-,18-,19-,20-,21-,22?,23-,24+/m0/s1.